The Morgan fingerprint density at radius 3 is 2.88 bits per heavy atom. The Balaban J connectivity index is 2.15. The number of ether oxygens (including phenoxy) is 1. The van der Waals surface area contributed by atoms with Gasteiger partial charge in [-0.1, -0.05) is 23.2 Å². The molecular formula is C11H11Cl2NO3. The minimum atomic E-state index is -0.198. The van der Waals surface area contributed by atoms with Gasteiger partial charge in [-0.2, -0.15) is 0 Å². The zero-order valence-corrected chi connectivity index (χ0v) is 10.4. The molecule has 4 nitrogen and oxygen atoms in total. The van der Waals surface area contributed by atoms with Crippen molar-refractivity contribution in [2.75, 3.05) is 18.5 Å². The molecule has 0 aliphatic carbocycles. The third kappa shape index (κ3) is 2.83. The minimum Gasteiger partial charge on any atom is -0.504 e. The maximum atomic E-state index is 11.8. The number of aromatic hydroxyl groups is 1. The maximum absolute atomic E-state index is 11.8. The smallest absolute Gasteiger partial charge is 0.230 e. The van der Waals surface area contributed by atoms with Crippen LogP contribution >= 0.6 is 23.2 Å². The van der Waals surface area contributed by atoms with Gasteiger partial charge in [-0.05, 0) is 18.6 Å². The quantitative estimate of drug-likeness (QED) is 0.816. The van der Waals surface area contributed by atoms with Crippen LogP contribution in [0.4, 0.5) is 5.69 Å². The van der Waals surface area contributed by atoms with Crippen molar-refractivity contribution in [2.24, 2.45) is 5.92 Å². The van der Waals surface area contributed by atoms with Gasteiger partial charge >= 0.3 is 0 Å². The van der Waals surface area contributed by atoms with Crippen LogP contribution in [0.5, 0.6) is 5.75 Å². The van der Waals surface area contributed by atoms with Gasteiger partial charge in [0.15, 0.2) is 5.75 Å². The lowest BCUT2D eigenvalue weighted by Crippen LogP contribution is -2.22. The Morgan fingerprint density at radius 2 is 2.24 bits per heavy atom. The third-order valence-electron chi connectivity index (χ3n) is 2.59. The monoisotopic (exact) mass is 275 g/mol. The van der Waals surface area contributed by atoms with Crippen LogP contribution in [0.25, 0.3) is 0 Å². The predicted octanol–water partition coefficient (Wildman–Crippen LogP) is 2.67. The Labute approximate surface area is 108 Å². The molecule has 1 amide bonds. The summed E-state index contributed by atoms with van der Waals surface area (Å²) in [6.07, 6.45) is 0.681. The number of hydrogen-bond acceptors (Lipinski definition) is 3. The highest BCUT2D eigenvalue weighted by Crippen LogP contribution is 2.35. The van der Waals surface area contributed by atoms with E-state index in [2.05, 4.69) is 5.32 Å². The maximum Gasteiger partial charge on any atom is 0.230 e. The van der Waals surface area contributed by atoms with Crippen LogP contribution in [0.2, 0.25) is 10.0 Å². The molecule has 0 saturated carbocycles. The molecule has 17 heavy (non-hydrogen) atoms. The summed E-state index contributed by atoms with van der Waals surface area (Å²) in [5.74, 6) is -0.563. The highest BCUT2D eigenvalue weighted by molar-refractivity contribution is 6.36. The van der Waals surface area contributed by atoms with Crippen LogP contribution in [0.3, 0.4) is 0 Å². The number of phenols is 1. The number of amides is 1. The fraction of sp³-hybridized carbons (Fsp3) is 0.364. The molecular weight excluding hydrogens is 265 g/mol. The summed E-state index contributed by atoms with van der Waals surface area (Å²) in [5, 5.41) is 12.7. The lowest BCUT2D eigenvalue weighted by Gasteiger charge is -2.11. The van der Waals surface area contributed by atoms with Crippen LogP contribution in [-0.2, 0) is 9.53 Å². The lowest BCUT2D eigenvalue weighted by atomic mass is 10.1. The molecule has 0 aromatic heterocycles. The standard InChI is InChI=1S/C11H11Cl2NO3/c12-7-3-8(13)10(15)9(4-7)14-11(16)6-1-2-17-5-6/h3-4,6,15H,1-2,5H2,(H,14,16). The first kappa shape index (κ1) is 12.5. The Hall–Kier alpha value is -0.970. The molecule has 1 atom stereocenters. The first-order valence-electron chi connectivity index (χ1n) is 5.14. The molecule has 6 heteroatoms. The number of nitrogens with one attached hydrogen (secondary N) is 1. The molecule has 0 spiro atoms. The van der Waals surface area contributed by atoms with Gasteiger partial charge in [0, 0.05) is 11.6 Å². The van der Waals surface area contributed by atoms with Crippen LogP contribution in [0.15, 0.2) is 12.1 Å². The molecule has 1 saturated heterocycles. The first-order valence-corrected chi connectivity index (χ1v) is 5.90. The second-order valence-corrected chi connectivity index (χ2v) is 4.68. The van der Waals surface area contributed by atoms with Gasteiger partial charge in [0.2, 0.25) is 5.91 Å². The second kappa shape index (κ2) is 5.12. The summed E-state index contributed by atoms with van der Waals surface area (Å²) in [5.41, 5.74) is 0.222. The van der Waals surface area contributed by atoms with Crippen molar-refractivity contribution in [1.29, 1.82) is 0 Å². The zero-order chi connectivity index (χ0) is 12.4. The molecule has 1 aliphatic heterocycles. The van der Waals surface area contributed by atoms with Gasteiger partial charge in [-0.25, -0.2) is 0 Å². The topological polar surface area (TPSA) is 58.6 Å². The third-order valence-corrected chi connectivity index (χ3v) is 3.09. The van der Waals surface area contributed by atoms with E-state index in [-0.39, 0.29) is 28.3 Å². The number of anilines is 1. The highest BCUT2D eigenvalue weighted by Gasteiger charge is 2.24. The molecule has 0 bridgehead atoms. The summed E-state index contributed by atoms with van der Waals surface area (Å²) < 4.78 is 5.12. The number of benzene rings is 1. The number of hydrogen-bond donors (Lipinski definition) is 2. The van der Waals surface area contributed by atoms with E-state index in [0.717, 1.165) is 0 Å². The van der Waals surface area contributed by atoms with Crippen molar-refractivity contribution in [3.05, 3.63) is 22.2 Å². The molecule has 1 unspecified atom stereocenters. The summed E-state index contributed by atoms with van der Waals surface area (Å²) >= 11 is 11.5. The van der Waals surface area contributed by atoms with Gasteiger partial charge in [0.25, 0.3) is 0 Å². The van der Waals surface area contributed by atoms with E-state index in [1.54, 1.807) is 0 Å². The van der Waals surface area contributed by atoms with E-state index in [1.165, 1.54) is 12.1 Å². The van der Waals surface area contributed by atoms with E-state index < -0.39 is 0 Å². The van der Waals surface area contributed by atoms with Crippen molar-refractivity contribution in [3.8, 4) is 5.75 Å². The van der Waals surface area contributed by atoms with Crippen molar-refractivity contribution < 1.29 is 14.6 Å². The minimum absolute atomic E-state index is 0.107. The van der Waals surface area contributed by atoms with E-state index >= 15 is 0 Å². The largest absolute Gasteiger partial charge is 0.504 e. The van der Waals surface area contributed by atoms with Gasteiger partial charge in [-0.15, -0.1) is 0 Å². The molecule has 2 rings (SSSR count). The zero-order valence-electron chi connectivity index (χ0n) is 8.87. The van der Waals surface area contributed by atoms with Crippen LogP contribution in [0, 0.1) is 5.92 Å². The van der Waals surface area contributed by atoms with E-state index in [4.69, 9.17) is 27.9 Å². The number of phenolic OH excluding ortho intramolecular Hbond substituents is 1. The van der Waals surface area contributed by atoms with Crippen molar-refractivity contribution in [3.63, 3.8) is 0 Å². The summed E-state index contributed by atoms with van der Waals surface area (Å²) in [4.78, 5) is 11.8. The van der Waals surface area contributed by atoms with Gasteiger partial charge in [0.1, 0.15) is 0 Å². The fourth-order valence-electron chi connectivity index (χ4n) is 1.64. The summed E-state index contributed by atoms with van der Waals surface area (Å²) in [7, 11) is 0. The van der Waals surface area contributed by atoms with Crippen LogP contribution in [-0.4, -0.2) is 24.2 Å². The molecule has 92 valence electrons. The molecule has 2 N–H and O–H groups in total. The van der Waals surface area contributed by atoms with Crippen molar-refractivity contribution in [2.45, 2.75) is 6.42 Å². The SMILES string of the molecule is O=C(Nc1cc(Cl)cc(Cl)c1O)C1CCOC1. The molecule has 1 aliphatic rings. The van der Waals surface area contributed by atoms with Gasteiger partial charge in [-0.3, -0.25) is 4.79 Å². The van der Waals surface area contributed by atoms with Gasteiger partial charge < -0.3 is 15.2 Å². The molecule has 1 aromatic carbocycles. The number of rotatable bonds is 2. The summed E-state index contributed by atoms with van der Waals surface area (Å²) in [6.45, 7) is 0.987. The van der Waals surface area contributed by atoms with Crippen LogP contribution in [0.1, 0.15) is 6.42 Å². The van der Waals surface area contributed by atoms with E-state index in [0.29, 0.717) is 24.7 Å². The Bertz CT molecular complexity index is 445. The Kier molecular flexibility index (Phi) is 3.76. The number of carbonyl (C=O) groups is 1. The van der Waals surface area contributed by atoms with Crippen molar-refractivity contribution in [1.82, 2.24) is 0 Å². The van der Waals surface area contributed by atoms with Crippen LogP contribution < -0.4 is 5.32 Å². The van der Waals surface area contributed by atoms with Gasteiger partial charge in [0.05, 0.1) is 23.2 Å². The second-order valence-electron chi connectivity index (χ2n) is 3.83. The Morgan fingerprint density at radius 1 is 1.47 bits per heavy atom. The number of carbonyl (C=O) groups excluding carboxylic acids is 1. The molecule has 1 aromatic rings. The average Bonchev–Trinajstić information content (AvgIpc) is 2.78. The number of halogens is 2. The lowest BCUT2D eigenvalue weighted by molar-refractivity contribution is -0.119. The fourth-order valence-corrected chi connectivity index (χ4v) is 2.13. The van der Waals surface area contributed by atoms with E-state index in [1.807, 2.05) is 0 Å². The normalized spacial score (nSPS) is 19.3. The average molecular weight is 276 g/mol. The molecule has 0 radical (unpaired) electrons. The van der Waals surface area contributed by atoms with E-state index in [9.17, 15) is 9.90 Å². The molecule has 1 fully saturated rings. The first-order chi connectivity index (χ1) is 8.08. The summed E-state index contributed by atoms with van der Waals surface area (Å²) in [6, 6.07) is 2.86. The van der Waals surface area contributed by atoms with Crippen molar-refractivity contribution >= 4 is 34.8 Å². The predicted molar refractivity (Wildman–Crippen MR) is 65.7 cm³/mol. The highest BCUT2D eigenvalue weighted by atomic mass is 35.5. The molecule has 1 heterocycles.